The number of rotatable bonds is 5. The van der Waals surface area contributed by atoms with E-state index < -0.39 is 0 Å². The second kappa shape index (κ2) is 5.61. The average molecular weight is 164 g/mol. The molecule has 0 aliphatic rings. The van der Waals surface area contributed by atoms with E-state index in [1.165, 1.54) is 0 Å². The summed E-state index contributed by atoms with van der Waals surface area (Å²) in [5.74, 6) is 0.920. The molecule has 0 unspecified atom stereocenters. The minimum atomic E-state index is 0.678. The number of benzene rings is 1. The normalized spacial score (nSPS) is 9.75. The molecule has 2 heteroatoms. The molecule has 0 aliphatic heterocycles. The lowest BCUT2D eigenvalue weighted by Gasteiger charge is -2.04. The van der Waals surface area contributed by atoms with Crippen molar-refractivity contribution in [2.75, 3.05) is 19.7 Å². The van der Waals surface area contributed by atoms with Gasteiger partial charge in [-0.2, -0.15) is 0 Å². The Morgan fingerprint density at radius 3 is 2.67 bits per heavy atom. The van der Waals surface area contributed by atoms with Gasteiger partial charge in [-0.25, -0.2) is 5.32 Å². The number of hydrogen-bond acceptors (Lipinski definition) is 1. The monoisotopic (exact) mass is 164 g/mol. The quantitative estimate of drug-likeness (QED) is 0.607. The second-order valence-corrected chi connectivity index (χ2v) is 2.42. The molecule has 0 saturated heterocycles. The molecule has 1 radical (unpaired) electrons. The van der Waals surface area contributed by atoms with Gasteiger partial charge in [-0.3, -0.25) is 0 Å². The summed E-state index contributed by atoms with van der Waals surface area (Å²) < 4.78 is 5.41. The zero-order chi connectivity index (χ0) is 8.65. The first-order chi connectivity index (χ1) is 5.93. The zero-order valence-electron chi connectivity index (χ0n) is 7.36. The summed E-state index contributed by atoms with van der Waals surface area (Å²) >= 11 is 0. The minimum Gasteiger partial charge on any atom is -0.492 e. The lowest BCUT2D eigenvalue weighted by molar-refractivity contribution is 0.314. The van der Waals surface area contributed by atoms with Gasteiger partial charge in [0, 0.05) is 13.1 Å². The molecule has 65 valence electrons. The fraction of sp³-hybridized carbons (Fsp3) is 0.400. The van der Waals surface area contributed by atoms with E-state index >= 15 is 0 Å². The van der Waals surface area contributed by atoms with Crippen LogP contribution in [0, 0.1) is 0 Å². The van der Waals surface area contributed by atoms with Crippen LogP contribution in [0.3, 0.4) is 0 Å². The Morgan fingerprint density at radius 2 is 2.00 bits per heavy atom. The van der Waals surface area contributed by atoms with Crippen LogP contribution in [-0.4, -0.2) is 19.7 Å². The van der Waals surface area contributed by atoms with E-state index in [0.29, 0.717) is 6.61 Å². The van der Waals surface area contributed by atoms with Gasteiger partial charge in [-0.15, -0.1) is 0 Å². The molecule has 0 N–H and O–H groups in total. The molecule has 0 heterocycles. The molecule has 0 saturated carbocycles. The Morgan fingerprint density at radius 1 is 1.25 bits per heavy atom. The highest BCUT2D eigenvalue weighted by atomic mass is 16.5. The lowest BCUT2D eigenvalue weighted by Crippen LogP contribution is -2.13. The predicted molar refractivity (Wildman–Crippen MR) is 49.5 cm³/mol. The molecule has 1 aromatic carbocycles. The number of nitrogens with zero attached hydrogens (tertiary/aromatic N) is 1. The molecule has 1 rings (SSSR count). The smallest absolute Gasteiger partial charge is 0.119 e. The van der Waals surface area contributed by atoms with Crippen molar-refractivity contribution in [2.24, 2.45) is 0 Å². The van der Waals surface area contributed by atoms with E-state index in [0.717, 1.165) is 18.8 Å². The molecule has 2 nitrogen and oxygen atoms in total. The summed E-state index contributed by atoms with van der Waals surface area (Å²) in [5.41, 5.74) is 0. The van der Waals surface area contributed by atoms with Gasteiger partial charge in [-0.05, 0) is 12.1 Å². The Hall–Kier alpha value is -1.02. The van der Waals surface area contributed by atoms with Crippen LogP contribution in [0.2, 0.25) is 0 Å². The van der Waals surface area contributed by atoms with Crippen molar-refractivity contribution in [3.8, 4) is 5.75 Å². The molecule has 0 amide bonds. The molecule has 1 aromatic rings. The maximum absolute atomic E-state index is 5.41. The SMILES string of the molecule is CC[N]CCOc1ccccc1. The molecule has 0 aliphatic carbocycles. The number of para-hydroxylation sites is 1. The van der Waals surface area contributed by atoms with Crippen molar-refractivity contribution < 1.29 is 4.74 Å². The van der Waals surface area contributed by atoms with Gasteiger partial charge in [-0.1, -0.05) is 25.1 Å². The second-order valence-electron chi connectivity index (χ2n) is 2.42. The van der Waals surface area contributed by atoms with E-state index in [1.807, 2.05) is 37.3 Å². The van der Waals surface area contributed by atoms with Gasteiger partial charge in [0.2, 0.25) is 0 Å². The summed E-state index contributed by atoms with van der Waals surface area (Å²) in [5, 5.41) is 4.16. The predicted octanol–water partition coefficient (Wildman–Crippen LogP) is 1.69. The van der Waals surface area contributed by atoms with Crippen LogP contribution < -0.4 is 10.1 Å². The van der Waals surface area contributed by atoms with E-state index in [1.54, 1.807) is 0 Å². The molecular weight excluding hydrogens is 150 g/mol. The third-order valence-electron chi connectivity index (χ3n) is 1.48. The zero-order valence-corrected chi connectivity index (χ0v) is 7.36. The van der Waals surface area contributed by atoms with E-state index in [-0.39, 0.29) is 0 Å². The summed E-state index contributed by atoms with van der Waals surface area (Å²) in [7, 11) is 0. The minimum absolute atomic E-state index is 0.678. The maximum Gasteiger partial charge on any atom is 0.119 e. The van der Waals surface area contributed by atoms with Crippen LogP contribution in [0.5, 0.6) is 5.75 Å². The Labute approximate surface area is 73.6 Å². The van der Waals surface area contributed by atoms with Crippen molar-refractivity contribution in [3.05, 3.63) is 30.3 Å². The van der Waals surface area contributed by atoms with Crippen LogP contribution in [0.1, 0.15) is 6.92 Å². The van der Waals surface area contributed by atoms with Crippen LogP contribution in [-0.2, 0) is 0 Å². The Balaban J connectivity index is 2.16. The Bertz CT molecular complexity index is 198. The van der Waals surface area contributed by atoms with E-state index in [9.17, 15) is 0 Å². The number of ether oxygens (including phenoxy) is 1. The van der Waals surface area contributed by atoms with Crippen molar-refractivity contribution in [1.82, 2.24) is 5.32 Å². The molecule has 0 atom stereocenters. The van der Waals surface area contributed by atoms with Gasteiger partial charge < -0.3 is 4.74 Å². The molecule has 12 heavy (non-hydrogen) atoms. The fourth-order valence-electron chi connectivity index (χ4n) is 0.903. The molecular formula is C10H14NO. The lowest BCUT2D eigenvalue weighted by atomic mass is 10.3. The first-order valence-corrected chi connectivity index (χ1v) is 4.24. The van der Waals surface area contributed by atoms with Crippen molar-refractivity contribution in [3.63, 3.8) is 0 Å². The highest BCUT2D eigenvalue weighted by Gasteiger charge is 1.89. The van der Waals surface area contributed by atoms with Crippen molar-refractivity contribution >= 4 is 0 Å². The first-order valence-electron chi connectivity index (χ1n) is 4.24. The standard InChI is InChI=1S/C10H14NO/c1-2-11-8-9-12-10-6-4-3-5-7-10/h3-7H,2,8-9H2,1H3. The molecule has 0 aromatic heterocycles. The van der Waals surface area contributed by atoms with Crippen LogP contribution in [0.25, 0.3) is 0 Å². The third-order valence-corrected chi connectivity index (χ3v) is 1.48. The number of likely N-dealkylation sites (N-methyl/N-ethyl adjacent to an activating group) is 1. The maximum atomic E-state index is 5.41. The summed E-state index contributed by atoms with van der Waals surface area (Å²) in [6.45, 7) is 4.36. The summed E-state index contributed by atoms with van der Waals surface area (Å²) in [4.78, 5) is 0. The van der Waals surface area contributed by atoms with Gasteiger partial charge >= 0.3 is 0 Å². The van der Waals surface area contributed by atoms with E-state index in [2.05, 4.69) is 5.32 Å². The first kappa shape index (κ1) is 9.07. The molecule has 0 fully saturated rings. The highest BCUT2D eigenvalue weighted by Crippen LogP contribution is 2.07. The van der Waals surface area contributed by atoms with Crippen LogP contribution >= 0.6 is 0 Å². The largest absolute Gasteiger partial charge is 0.492 e. The van der Waals surface area contributed by atoms with Gasteiger partial charge in [0.15, 0.2) is 0 Å². The highest BCUT2D eigenvalue weighted by molar-refractivity contribution is 5.20. The summed E-state index contributed by atoms with van der Waals surface area (Å²) in [6.07, 6.45) is 0. The molecule has 0 bridgehead atoms. The number of hydrogen-bond donors (Lipinski definition) is 0. The fourth-order valence-corrected chi connectivity index (χ4v) is 0.903. The van der Waals surface area contributed by atoms with Gasteiger partial charge in [0.1, 0.15) is 12.4 Å². The topological polar surface area (TPSA) is 23.3 Å². The van der Waals surface area contributed by atoms with Crippen LogP contribution in [0.4, 0.5) is 0 Å². The molecule has 0 spiro atoms. The van der Waals surface area contributed by atoms with Gasteiger partial charge in [0.25, 0.3) is 0 Å². The van der Waals surface area contributed by atoms with E-state index in [4.69, 9.17) is 4.74 Å². The van der Waals surface area contributed by atoms with Crippen molar-refractivity contribution in [1.29, 1.82) is 0 Å². The van der Waals surface area contributed by atoms with Crippen molar-refractivity contribution in [2.45, 2.75) is 6.92 Å². The Kier molecular flexibility index (Phi) is 4.24. The summed E-state index contributed by atoms with van der Waals surface area (Å²) in [6, 6.07) is 9.81. The third kappa shape index (κ3) is 3.39. The van der Waals surface area contributed by atoms with Gasteiger partial charge in [0.05, 0.1) is 0 Å². The van der Waals surface area contributed by atoms with Crippen LogP contribution in [0.15, 0.2) is 30.3 Å². The average Bonchev–Trinajstić information content (AvgIpc) is 2.14.